The van der Waals surface area contributed by atoms with Crippen molar-refractivity contribution in [2.24, 2.45) is 10.9 Å². The van der Waals surface area contributed by atoms with Crippen LogP contribution >= 0.6 is 0 Å². The molecule has 0 aromatic rings. The van der Waals surface area contributed by atoms with Crippen LogP contribution in [-0.4, -0.2) is 102 Å². The van der Waals surface area contributed by atoms with E-state index in [-0.39, 0.29) is 0 Å². The number of rotatable bonds is 13. The van der Waals surface area contributed by atoms with Gasteiger partial charge >= 0.3 is 0 Å². The van der Waals surface area contributed by atoms with Crippen molar-refractivity contribution in [1.29, 1.82) is 0 Å². The molecule has 1 aliphatic heterocycles. The highest BCUT2D eigenvalue weighted by atomic mass is 16.5. The Morgan fingerprint density at radius 3 is 2.38 bits per heavy atom. The summed E-state index contributed by atoms with van der Waals surface area (Å²) in [4.78, 5) is 9.23. The molecule has 26 heavy (non-hydrogen) atoms. The molecular weight excluding hydrogens is 330 g/mol. The van der Waals surface area contributed by atoms with E-state index in [9.17, 15) is 0 Å². The first-order valence-corrected chi connectivity index (χ1v) is 10.2. The Labute approximate surface area is 160 Å². The number of piperazine rings is 1. The molecule has 0 amide bonds. The van der Waals surface area contributed by atoms with Gasteiger partial charge in [-0.3, -0.25) is 4.99 Å². The Morgan fingerprint density at radius 2 is 1.73 bits per heavy atom. The summed E-state index contributed by atoms with van der Waals surface area (Å²) in [6, 6.07) is 0. The normalized spacial score (nSPS) is 18.1. The maximum Gasteiger partial charge on any atom is 0.191 e. The number of likely N-dealkylation sites (N-methyl/N-ethyl adjacent to an activating group) is 1. The molecule has 0 aromatic carbocycles. The van der Waals surface area contributed by atoms with Crippen LogP contribution in [0.4, 0.5) is 0 Å². The van der Waals surface area contributed by atoms with Crippen LogP contribution in [0.3, 0.4) is 0 Å². The summed E-state index contributed by atoms with van der Waals surface area (Å²) in [5, 5.41) is 6.71. The van der Waals surface area contributed by atoms with Crippen LogP contribution in [0.5, 0.6) is 0 Å². The third-order valence-electron chi connectivity index (χ3n) is 4.56. The van der Waals surface area contributed by atoms with E-state index >= 15 is 0 Å². The molecule has 1 atom stereocenters. The van der Waals surface area contributed by atoms with Crippen LogP contribution in [0.2, 0.25) is 0 Å². The molecule has 7 heteroatoms. The molecule has 1 unspecified atom stereocenters. The minimum absolute atomic E-state index is 0.591. The van der Waals surface area contributed by atoms with Gasteiger partial charge in [-0.1, -0.05) is 20.3 Å². The average Bonchev–Trinajstić information content (AvgIpc) is 2.64. The highest BCUT2D eigenvalue weighted by molar-refractivity contribution is 5.79. The van der Waals surface area contributed by atoms with E-state index in [1.807, 2.05) is 7.05 Å². The van der Waals surface area contributed by atoms with Gasteiger partial charge in [-0.15, -0.1) is 0 Å². The van der Waals surface area contributed by atoms with Gasteiger partial charge in [0.15, 0.2) is 5.96 Å². The summed E-state index contributed by atoms with van der Waals surface area (Å²) in [5.74, 6) is 1.44. The van der Waals surface area contributed by atoms with E-state index in [2.05, 4.69) is 46.3 Å². The van der Waals surface area contributed by atoms with E-state index in [0.29, 0.717) is 25.7 Å². The number of unbranched alkanes of at least 4 members (excludes halogenated alkanes) is 1. The molecule has 0 aromatic heterocycles. The zero-order chi connectivity index (χ0) is 19.0. The highest BCUT2D eigenvalue weighted by Crippen LogP contribution is 2.03. The fourth-order valence-electron chi connectivity index (χ4n) is 2.84. The second kappa shape index (κ2) is 15.2. The van der Waals surface area contributed by atoms with Crippen LogP contribution in [0.25, 0.3) is 0 Å². The van der Waals surface area contributed by atoms with Gasteiger partial charge in [0.25, 0.3) is 0 Å². The summed E-state index contributed by atoms with van der Waals surface area (Å²) in [5.41, 5.74) is 0. The van der Waals surface area contributed by atoms with Gasteiger partial charge in [0.1, 0.15) is 0 Å². The maximum atomic E-state index is 5.56. The number of aliphatic imine (C=N–C) groups is 1. The molecule has 154 valence electrons. The number of ether oxygens (including phenoxy) is 2. The largest absolute Gasteiger partial charge is 0.379 e. The standard InChI is InChI=1S/C19H41N5O2/c1-5-6-12-25-14-15-26-13-7-21-19(20-3)22-16-18(2)17-24-10-8-23(4)9-11-24/h18H,5-17H2,1-4H3,(H2,20,21,22). The second-order valence-corrected chi connectivity index (χ2v) is 7.17. The summed E-state index contributed by atoms with van der Waals surface area (Å²) < 4.78 is 11.0. The molecule has 1 heterocycles. The highest BCUT2D eigenvalue weighted by Gasteiger charge is 2.16. The Hall–Kier alpha value is -0.890. The number of hydrogen-bond donors (Lipinski definition) is 2. The van der Waals surface area contributed by atoms with Crippen LogP contribution in [0.15, 0.2) is 4.99 Å². The second-order valence-electron chi connectivity index (χ2n) is 7.17. The Balaban J connectivity index is 2.00. The molecule has 0 aliphatic carbocycles. The summed E-state index contributed by atoms with van der Waals surface area (Å²) in [6.07, 6.45) is 2.29. The monoisotopic (exact) mass is 371 g/mol. The van der Waals surface area contributed by atoms with Crippen LogP contribution < -0.4 is 10.6 Å². The summed E-state index contributed by atoms with van der Waals surface area (Å²) in [7, 11) is 4.00. The van der Waals surface area contributed by atoms with E-state index in [0.717, 1.165) is 38.6 Å². The smallest absolute Gasteiger partial charge is 0.191 e. The molecule has 1 saturated heterocycles. The first-order chi connectivity index (χ1) is 12.7. The third kappa shape index (κ3) is 11.7. The Bertz CT molecular complexity index is 360. The minimum atomic E-state index is 0.591. The molecule has 0 bridgehead atoms. The predicted octanol–water partition coefficient (Wildman–Crippen LogP) is 0.868. The maximum absolute atomic E-state index is 5.56. The molecule has 1 fully saturated rings. The molecule has 7 nitrogen and oxygen atoms in total. The average molecular weight is 372 g/mol. The van der Waals surface area contributed by atoms with Crippen LogP contribution in [0.1, 0.15) is 26.7 Å². The number of nitrogens with zero attached hydrogens (tertiary/aromatic N) is 3. The van der Waals surface area contributed by atoms with Crippen LogP contribution in [-0.2, 0) is 9.47 Å². The number of hydrogen-bond acceptors (Lipinski definition) is 5. The van der Waals surface area contributed by atoms with Gasteiger partial charge in [-0.25, -0.2) is 0 Å². The quantitative estimate of drug-likeness (QED) is 0.285. The van der Waals surface area contributed by atoms with Gasteiger partial charge in [-0.05, 0) is 19.4 Å². The lowest BCUT2D eigenvalue weighted by atomic mass is 10.1. The van der Waals surface area contributed by atoms with Crippen molar-refractivity contribution in [2.75, 3.05) is 86.3 Å². The van der Waals surface area contributed by atoms with Crippen molar-refractivity contribution >= 4 is 5.96 Å². The number of guanidine groups is 1. The van der Waals surface area contributed by atoms with Gasteiger partial charge < -0.3 is 29.9 Å². The van der Waals surface area contributed by atoms with Crippen molar-refractivity contribution in [1.82, 2.24) is 20.4 Å². The fourth-order valence-corrected chi connectivity index (χ4v) is 2.84. The molecule has 0 radical (unpaired) electrons. The molecule has 1 aliphatic rings. The lowest BCUT2D eigenvalue weighted by Crippen LogP contribution is -2.47. The van der Waals surface area contributed by atoms with Gasteiger partial charge in [0.2, 0.25) is 0 Å². The molecular formula is C19H41N5O2. The van der Waals surface area contributed by atoms with Crippen molar-refractivity contribution in [3.8, 4) is 0 Å². The van der Waals surface area contributed by atoms with E-state index in [1.165, 1.54) is 32.6 Å². The van der Waals surface area contributed by atoms with Crippen LogP contribution in [0, 0.1) is 5.92 Å². The summed E-state index contributed by atoms with van der Waals surface area (Å²) >= 11 is 0. The molecule has 2 N–H and O–H groups in total. The van der Waals surface area contributed by atoms with E-state index < -0.39 is 0 Å². The third-order valence-corrected chi connectivity index (χ3v) is 4.56. The minimum Gasteiger partial charge on any atom is -0.379 e. The fraction of sp³-hybridized carbons (Fsp3) is 0.947. The van der Waals surface area contributed by atoms with Crippen molar-refractivity contribution in [2.45, 2.75) is 26.7 Å². The van der Waals surface area contributed by atoms with Crippen molar-refractivity contribution in [3.05, 3.63) is 0 Å². The van der Waals surface area contributed by atoms with Gasteiger partial charge in [0.05, 0.1) is 19.8 Å². The lowest BCUT2D eigenvalue weighted by molar-refractivity contribution is 0.0487. The zero-order valence-electron chi connectivity index (χ0n) is 17.4. The van der Waals surface area contributed by atoms with Crippen molar-refractivity contribution < 1.29 is 9.47 Å². The summed E-state index contributed by atoms with van der Waals surface area (Å²) in [6.45, 7) is 14.8. The lowest BCUT2D eigenvalue weighted by Gasteiger charge is -2.34. The van der Waals surface area contributed by atoms with E-state index in [4.69, 9.17) is 9.47 Å². The zero-order valence-corrected chi connectivity index (χ0v) is 17.4. The van der Waals surface area contributed by atoms with Gasteiger partial charge in [0, 0.05) is 59.5 Å². The van der Waals surface area contributed by atoms with Gasteiger partial charge in [-0.2, -0.15) is 0 Å². The SMILES string of the molecule is CCCCOCCOCCNC(=NC)NCC(C)CN1CCN(C)CC1. The first-order valence-electron chi connectivity index (χ1n) is 10.2. The van der Waals surface area contributed by atoms with E-state index in [1.54, 1.807) is 0 Å². The Kier molecular flexibility index (Phi) is 13.5. The topological polar surface area (TPSA) is 61.4 Å². The molecule has 1 rings (SSSR count). The first kappa shape index (κ1) is 23.1. The number of nitrogens with one attached hydrogen (secondary N) is 2. The Morgan fingerprint density at radius 1 is 1.04 bits per heavy atom. The molecule has 0 spiro atoms. The van der Waals surface area contributed by atoms with Crippen molar-refractivity contribution in [3.63, 3.8) is 0 Å². The predicted molar refractivity (Wildman–Crippen MR) is 109 cm³/mol. The molecule has 0 saturated carbocycles.